The maximum atomic E-state index is 13.1. The molecular formula is C20H27N3O4. The summed E-state index contributed by atoms with van der Waals surface area (Å²) in [7, 11) is 1.71. The number of pyridine rings is 1. The third kappa shape index (κ3) is 3.46. The van der Waals surface area contributed by atoms with Crippen molar-refractivity contribution in [2.45, 2.75) is 12.8 Å². The number of rotatable bonds is 4. The van der Waals surface area contributed by atoms with Gasteiger partial charge < -0.3 is 19.3 Å². The quantitative estimate of drug-likeness (QED) is 0.789. The van der Waals surface area contributed by atoms with E-state index < -0.39 is 0 Å². The van der Waals surface area contributed by atoms with Crippen LogP contribution in [0.5, 0.6) is 0 Å². The van der Waals surface area contributed by atoms with Gasteiger partial charge in [0.15, 0.2) is 0 Å². The molecule has 0 aliphatic carbocycles. The predicted molar refractivity (Wildman–Crippen MR) is 98.1 cm³/mol. The van der Waals surface area contributed by atoms with Crippen LogP contribution in [0.1, 0.15) is 23.2 Å². The molecule has 0 saturated carbocycles. The average molecular weight is 373 g/mol. The second kappa shape index (κ2) is 7.56. The Labute approximate surface area is 159 Å². The molecule has 0 N–H and O–H groups in total. The minimum absolute atomic E-state index is 0.00540. The van der Waals surface area contributed by atoms with Gasteiger partial charge in [-0.2, -0.15) is 0 Å². The highest BCUT2D eigenvalue weighted by molar-refractivity contribution is 5.94. The van der Waals surface area contributed by atoms with Gasteiger partial charge in [0.05, 0.1) is 19.8 Å². The normalized spacial score (nSPS) is 28.4. The highest BCUT2D eigenvalue weighted by Crippen LogP contribution is 2.42. The van der Waals surface area contributed by atoms with Crippen LogP contribution < -0.4 is 0 Å². The molecule has 4 rings (SSSR count). The topological polar surface area (TPSA) is 72.0 Å². The SMILES string of the molecule is COC[C@@]12COC[C@@H]1CN(C(=O)C1CCN(C(=O)c3ccncc3)CC1)C2. The van der Waals surface area contributed by atoms with Crippen molar-refractivity contribution in [1.29, 1.82) is 0 Å². The Morgan fingerprint density at radius 1 is 1.26 bits per heavy atom. The number of amides is 2. The molecule has 3 aliphatic heterocycles. The van der Waals surface area contributed by atoms with Gasteiger partial charge in [-0.15, -0.1) is 0 Å². The van der Waals surface area contributed by atoms with Crippen molar-refractivity contribution in [1.82, 2.24) is 14.8 Å². The van der Waals surface area contributed by atoms with Gasteiger partial charge in [0.2, 0.25) is 5.91 Å². The molecule has 4 heterocycles. The monoisotopic (exact) mass is 373 g/mol. The molecular weight excluding hydrogens is 346 g/mol. The van der Waals surface area contributed by atoms with E-state index in [0.717, 1.165) is 25.9 Å². The Morgan fingerprint density at radius 3 is 2.70 bits per heavy atom. The number of methoxy groups -OCH3 is 1. The summed E-state index contributed by atoms with van der Waals surface area (Å²) >= 11 is 0. The Balaban J connectivity index is 1.34. The summed E-state index contributed by atoms with van der Waals surface area (Å²) in [6.07, 6.45) is 4.72. The molecule has 3 aliphatic rings. The van der Waals surface area contributed by atoms with Gasteiger partial charge in [0.25, 0.3) is 5.91 Å². The van der Waals surface area contributed by atoms with Gasteiger partial charge in [-0.25, -0.2) is 0 Å². The standard InChI is InChI=1S/C20H27N3O4/c1-26-13-20-12-23(10-17(20)11-27-14-20)19(25)16-4-8-22(9-5-16)18(24)15-2-6-21-7-3-15/h2-3,6-7,16-17H,4-5,8-14H2,1H3/t17-,20-/m0/s1. The van der Waals surface area contributed by atoms with Crippen LogP contribution >= 0.6 is 0 Å². The molecule has 0 bridgehead atoms. The van der Waals surface area contributed by atoms with Crippen LogP contribution in [0.3, 0.4) is 0 Å². The molecule has 3 fully saturated rings. The largest absolute Gasteiger partial charge is 0.384 e. The van der Waals surface area contributed by atoms with Crippen molar-refractivity contribution in [2.24, 2.45) is 17.3 Å². The molecule has 0 radical (unpaired) electrons. The fourth-order valence-electron chi connectivity index (χ4n) is 4.76. The van der Waals surface area contributed by atoms with Crippen molar-refractivity contribution in [3.63, 3.8) is 0 Å². The number of hydrogen-bond donors (Lipinski definition) is 0. The number of ether oxygens (including phenoxy) is 2. The van der Waals surface area contributed by atoms with Crippen LogP contribution in [0, 0.1) is 17.3 Å². The summed E-state index contributed by atoms with van der Waals surface area (Å²) in [4.78, 5) is 33.4. The summed E-state index contributed by atoms with van der Waals surface area (Å²) in [5.41, 5.74) is 0.617. The van der Waals surface area contributed by atoms with Crippen LogP contribution in [0.4, 0.5) is 0 Å². The first-order valence-electron chi connectivity index (χ1n) is 9.68. The summed E-state index contributed by atoms with van der Waals surface area (Å²) in [6.45, 7) is 4.77. The van der Waals surface area contributed by atoms with E-state index in [2.05, 4.69) is 4.98 Å². The predicted octanol–water partition coefficient (Wildman–Crippen LogP) is 1.06. The van der Waals surface area contributed by atoms with E-state index in [9.17, 15) is 9.59 Å². The maximum absolute atomic E-state index is 13.1. The molecule has 27 heavy (non-hydrogen) atoms. The van der Waals surface area contributed by atoms with Crippen LogP contribution in [-0.2, 0) is 14.3 Å². The van der Waals surface area contributed by atoms with Crippen molar-refractivity contribution >= 4 is 11.8 Å². The fraction of sp³-hybridized carbons (Fsp3) is 0.650. The van der Waals surface area contributed by atoms with E-state index in [1.807, 2.05) is 9.80 Å². The molecule has 1 aromatic heterocycles. The van der Waals surface area contributed by atoms with Gasteiger partial charge in [-0.3, -0.25) is 14.6 Å². The van der Waals surface area contributed by atoms with Crippen molar-refractivity contribution < 1.29 is 19.1 Å². The third-order valence-corrected chi connectivity index (χ3v) is 6.32. The molecule has 0 unspecified atom stereocenters. The molecule has 2 atom stereocenters. The lowest BCUT2D eigenvalue weighted by Crippen LogP contribution is -2.45. The second-order valence-corrected chi connectivity index (χ2v) is 8.03. The number of nitrogens with zero attached hydrogens (tertiary/aromatic N) is 3. The molecule has 0 spiro atoms. The minimum Gasteiger partial charge on any atom is -0.384 e. The number of aromatic nitrogens is 1. The number of carbonyl (C=O) groups is 2. The summed E-state index contributed by atoms with van der Waals surface area (Å²) in [5, 5.41) is 0. The Hall–Kier alpha value is -1.99. The van der Waals surface area contributed by atoms with E-state index >= 15 is 0 Å². The lowest BCUT2D eigenvalue weighted by molar-refractivity contribution is -0.136. The Bertz CT molecular complexity index is 690. The Morgan fingerprint density at radius 2 is 2.00 bits per heavy atom. The lowest BCUT2D eigenvalue weighted by atomic mass is 9.82. The molecule has 7 nitrogen and oxygen atoms in total. The first-order valence-corrected chi connectivity index (χ1v) is 9.68. The van der Waals surface area contributed by atoms with E-state index in [0.29, 0.717) is 44.4 Å². The smallest absolute Gasteiger partial charge is 0.253 e. The zero-order chi connectivity index (χ0) is 18.9. The van der Waals surface area contributed by atoms with Crippen molar-refractivity contribution in [3.05, 3.63) is 30.1 Å². The number of likely N-dealkylation sites (tertiary alicyclic amines) is 2. The lowest BCUT2D eigenvalue weighted by Gasteiger charge is -2.34. The fourth-order valence-corrected chi connectivity index (χ4v) is 4.76. The van der Waals surface area contributed by atoms with Crippen LogP contribution in [0.15, 0.2) is 24.5 Å². The van der Waals surface area contributed by atoms with E-state index in [4.69, 9.17) is 9.47 Å². The minimum atomic E-state index is -0.0393. The van der Waals surface area contributed by atoms with Gasteiger partial charge in [0, 0.05) is 68.5 Å². The molecule has 7 heteroatoms. The number of hydrogen-bond acceptors (Lipinski definition) is 5. The number of carbonyl (C=O) groups excluding carboxylic acids is 2. The zero-order valence-electron chi connectivity index (χ0n) is 15.8. The average Bonchev–Trinajstić information content (AvgIpc) is 3.25. The molecule has 0 aromatic carbocycles. The van der Waals surface area contributed by atoms with Gasteiger partial charge in [0.1, 0.15) is 0 Å². The molecule has 146 valence electrons. The van der Waals surface area contributed by atoms with Gasteiger partial charge in [-0.05, 0) is 25.0 Å². The maximum Gasteiger partial charge on any atom is 0.253 e. The highest BCUT2D eigenvalue weighted by atomic mass is 16.5. The Kier molecular flexibility index (Phi) is 5.14. The van der Waals surface area contributed by atoms with E-state index in [1.54, 1.807) is 31.6 Å². The first kappa shape index (κ1) is 18.4. The summed E-state index contributed by atoms with van der Waals surface area (Å²) in [5.74, 6) is 0.631. The van der Waals surface area contributed by atoms with E-state index in [-0.39, 0.29) is 23.1 Å². The van der Waals surface area contributed by atoms with Gasteiger partial charge >= 0.3 is 0 Å². The van der Waals surface area contributed by atoms with Crippen LogP contribution in [-0.4, -0.2) is 79.7 Å². The van der Waals surface area contributed by atoms with E-state index in [1.165, 1.54) is 0 Å². The second-order valence-electron chi connectivity index (χ2n) is 8.03. The van der Waals surface area contributed by atoms with Crippen LogP contribution in [0.25, 0.3) is 0 Å². The third-order valence-electron chi connectivity index (χ3n) is 6.32. The molecule has 3 saturated heterocycles. The highest BCUT2D eigenvalue weighted by Gasteiger charge is 2.52. The molecule has 2 amide bonds. The summed E-state index contributed by atoms with van der Waals surface area (Å²) < 4.78 is 11.1. The van der Waals surface area contributed by atoms with Crippen molar-refractivity contribution in [2.75, 3.05) is 53.1 Å². The van der Waals surface area contributed by atoms with Crippen LogP contribution in [0.2, 0.25) is 0 Å². The number of piperidine rings is 1. The van der Waals surface area contributed by atoms with Gasteiger partial charge in [-0.1, -0.05) is 0 Å². The summed E-state index contributed by atoms with van der Waals surface area (Å²) in [6, 6.07) is 3.47. The number of fused-ring (bicyclic) bond motifs is 1. The first-order chi connectivity index (χ1) is 13.1. The zero-order valence-corrected chi connectivity index (χ0v) is 15.8. The van der Waals surface area contributed by atoms with Crippen molar-refractivity contribution in [3.8, 4) is 0 Å². The molecule has 1 aromatic rings.